The molecule has 0 amide bonds. The van der Waals surface area contributed by atoms with Crippen molar-refractivity contribution in [3.8, 4) is 0 Å². The average molecular weight is 958 g/mol. The molecular formula is C55H113NaO8S. The van der Waals surface area contributed by atoms with E-state index >= 15 is 0 Å². The fourth-order valence-electron chi connectivity index (χ4n) is 8.26. The van der Waals surface area contributed by atoms with Crippen molar-refractivity contribution < 1.29 is 67.5 Å². The van der Waals surface area contributed by atoms with Crippen molar-refractivity contribution in [2.24, 2.45) is 0 Å². The molecule has 0 aliphatic heterocycles. The van der Waals surface area contributed by atoms with Crippen LogP contribution in [-0.2, 0) is 28.3 Å². The van der Waals surface area contributed by atoms with Crippen LogP contribution in [0.5, 0.6) is 0 Å². The van der Waals surface area contributed by atoms with Crippen LogP contribution >= 0.6 is 0 Å². The molecule has 8 nitrogen and oxygen atoms in total. The first-order valence-corrected chi connectivity index (χ1v) is 29.6. The number of rotatable bonds is 53. The van der Waals surface area contributed by atoms with E-state index in [0.717, 1.165) is 38.5 Å². The third kappa shape index (κ3) is 64.3. The first-order chi connectivity index (χ1) is 31.3. The summed E-state index contributed by atoms with van der Waals surface area (Å²) in [6, 6.07) is 0. The summed E-state index contributed by atoms with van der Waals surface area (Å²) in [7, 11) is -3.82. The predicted molar refractivity (Wildman–Crippen MR) is 275 cm³/mol. The van der Waals surface area contributed by atoms with Crippen LogP contribution in [0.2, 0.25) is 0 Å². The fraction of sp³-hybridized carbons (Fsp3) is 0.982. The molecule has 2 N–H and O–H groups in total. The number of esters is 1. The normalized spacial score (nSPS) is 11.9. The second-order valence-corrected chi connectivity index (χ2v) is 20.5. The molecule has 0 bridgehead atoms. The van der Waals surface area contributed by atoms with E-state index in [4.69, 9.17) is 23.3 Å². The summed E-state index contributed by atoms with van der Waals surface area (Å²) < 4.78 is 38.7. The van der Waals surface area contributed by atoms with E-state index < -0.39 is 16.5 Å². The van der Waals surface area contributed by atoms with Gasteiger partial charge in [-0.25, -0.2) is 8.37 Å². The minimum Gasteiger partial charge on any atom is -1.00 e. The number of ether oxygens (including phenoxy) is 1. The van der Waals surface area contributed by atoms with Crippen LogP contribution in [0.3, 0.4) is 0 Å². The van der Waals surface area contributed by atoms with Crippen molar-refractivity contribution in [1.29, 1.82) is 0 Å². The zero-order valence-electron chi connectivity index (χ0n) is 45.2. The van der Waals surface area contributed by atoms with Gasteiger partial charge < -0.3 is 16.4 Å². The van der Waals surface area contributed by atoms with E-state index in [2.05, 4.69) is 20.8 Å². The Labute approximate surface area is 429 Å². The minimum absolute atomic E-state index is 0. The molecule has 0 heterocycles. The van der Waals surface area contributed by atoms with Crippen LogP contribution in [0.15, 0.2) is 0 Å². The molecule has 10 heteroatoms. The number of aliphatic hydroxyl groups is 2. The molecule has 0 aromatic rings. The maximum atomic E-state index is 11.9. The zero-order chi connectivity index (χ0) is 47.1. The van der Waals surface area contributed by atoms with Crippen LogP contribution in [0.4, 0.5) is 0 Å². The molecule has 65 heavy (non-hydrogen) atoms. The van der Waals surface area contributed by atoms with Crippen LogP contribution < -0.4 is 29.6 Å². The Morgan fingerprint density at radius 2 is 0.615 bits per heavy atom. The fourth-order valence-corrected chi connectivity index (χ4v) is 8.97. The molecule has 0 aliphatic carbocycles. The van der Waals surface area contributed by atoms with E-state index in [1.54, 1.807) is 0 Å². The van der Waals surface area contributed by atoms with Gasteiger partial charge in [0, 0.05) is 6.42 Å². The molecular weight excluding hydrogens is 844 g/mol. The van der Waals surface area contributed by atoms with Crippen molar-refractivity contribution >= 4 is 16.4 Å². The first kappa shape index (κ1) is 69.5. The van der Waals surface area contributed by atoms with Gasteiger partial charge in [-0.2, -0.15) is 8.42 Å². The van der Waals surface area contributed by atoms with Crippen molar-refractivity contribution in [2.75, 3.05) is 26.4 Å². The average Bonchev–Trinajstić information content (AvgIpc) is 3.29. The summed E-state index contributed by atoms with van der Waals surface area (Å²) in [5, 5.41) is 17.7. The molecule has 0 fully saturated rings. The van der Waals surface area contributed by atoms with Crippen molar-refractivity contribution in [1.82, 2.24) is 0 Å². The molecule has 0 aromatic heterocycles. The Hall–Kier alpha value is 0.260. The van der Waals surface area contributed by atoms with Crippen LogP contribution in [0.25, 0.3) is 0 Å². The Balaban J connectivity index is -0.000000618. The van der Waals surface area contributed by atoms with Gasteiger partial charge in [-0.3, -0.25) is 4.79 Å². The summed E-state index contributed by atoms with van der Waals surface area (Å²) in [6.07, 6.45) is 57.9. The van der Waals surface area contributed by atoms with E-state index in [-0.39, 0.29) is 63.4 Å². The number of hydrogen-bond acceptors (Lipinski definition) is 8. The smallest absolute Gasteiger partial charge is 1.00 e. The van der Waals surface area contributed by atoms with Crippen LogP contribution in [0.1, 0.15) is 318 Å². The van der Waals surface area contributed by atoms with Crippen LogP contribution in [-0.4, -0.2) is 57.1 Å². The quantitative estimate of drug-likeness (QED) is 0.0351. The monoisotopic (exact) mass is 957 g/mol. The van der Waals surface area contributed by atoms with Crippen molar-refractivity contribution in [3.05, 3.63) is 0 Å². The molecule has 0 aliphatic rings. The summed E-state index contributed by atoms with van der Waals surface area (Å²) >= 11 is 0. The van der Waals surface area contributed by atoms with Gasteiger partial charge in [0.25, 0.3) is 0 Å². The second kappa shape index (κ2) is 60.4. The zero-order valence-corrected chi connectivity index (χ0v) is 47.0. The summed E-state index contributed by atoms with van der Waals surface area (Å²) in [5.74, 6) is -0.276. The Bertz CT molecular complexity index is 992. The van der Waals surface area contributed by atoms with Gasteiger partial charge in [-0.15, -0.1) is 0 Å². The molecule has 0 aromatic carbocycles. The number of carbonyl (C=O) groups is 1. The molecule has 0 saturated carbocycles. The number of carbonyl (C=O) groups excluding carboxylic acids is 1. The number of aliphatic hydroxyl groups excluding tert-OH is 2. The Kier molecular flexibility index (Phi) is 64.6. The SMILES string of the molecule is CCCCCCCCCCCCCCCCCC(=O)OCC(O)CO.CCCCCCCCCCCCCCCCCCOS(=O)(=O)OCCCCCCCCCCCCCCCC.[H-].[Na+]. The molecule has 0 saturated heterocycles. The van der Waals surface area contributed by atoms with Gasteiger partial charge in [0.15, 0.2) is 0 Å². The maximum absolute atomic E-state index is 11.9. The van der Waals surface area contributed by atoms with E-state index in [9.17, 15) is 13.2 Å². The largest absolute Gasteiger partial charge is 1.00 e. The molecule has 1 unspecified atom stereocenters. The van der Waals surface area contributed by atoms with Gasteiger partial charge in [-0.05, 0) is 19.3 Å². The number of hydrogen-bond donors (Lipinski definition) is 2. The minimum atomic E-state index is -3.82. The summed E-state index contributed by atoms with van der Waals surface area (Å²) in [4.78, 5) is 11.4. The molecule has 0 spiro atoms. The maximum Gasteiger partial charge on any atom is 1.00 e. The predicted octanol–water partition coefficient (Wildman–Crippen LogP) is 14.3. The third-order valence-electron chi connectivity index (χ3n) is 12.6. The van der Waals surface area contributed by atoms with Crippen molar-refractivity contribution in [2.45, 2.75) is 322 Å². The Morgan fingerprint density at radius 3 is 0.846 bits per heavy atom. The standard InChI is InChI=1S/C34H70O4S.C21H42O4.Na.H/c1-3-5-7-9-11-13-15-17-19-20-22-24-26-28-30-32-34-38-39(35,36)37-33-31-29-27-25-23-21-18-16-14-12-10-8-6-4-2;1-2-3-4-5-6-7-8-9-10-11-12-13-14-15-16-17-21(24)25-19-20(23)18-22;;/h3-34H2,1-2H3;20,22-23H,2-19H2,1H3;;/q;;+1;-1. The van der Waals surface area contributed by atoms with E-state index in [0.29, 0.717) is 6.42 Å². The van der Waals surface area contributed by atoms with E-state index in [1.165, 1.54) is 250 Å². The molecule has 388 valence electrons. The van der Waals surface area contributed by atoms with Crippen molar-refractivity contribution in [3.63, 3.8) is 0 Å². The van der Waals surface area contributed by atoms with Gasteiger partial charge in [0.05, 0.1) is 19.8 Å². The topological polar surface area (TPSA) is 119 Å². The van der Waals surface area contributed by atoms with Gasteiger partial charge in [0.1, 0.15) is 12.7 Å². The van der Waals surface area contributed by atoms with E-state index in [1.807, 2.05) is 0 Å². The molecule has 1 atom stereocenters. The summed E-state index contributed by atoms with van der Waals surface area (Å²) in [6.45, 7) is 6.84. The van der Waals surface area contributed by atoms with Gasteiger partial charge >= 0.3 is 45.9 Å². The molecule has 0 rings (SSSR count). The van der Waals surface area contributed by atoms with Gasteiger partial charge in [0.2, 0.25) is 0 Å². The second-order valence-electron chi connectivity index (χ2n) is 19.2. The van der Waals surface area contributed by atoms with Gasteiger partial charge in [-0.1, -0.05) is 290 Å². The first-order valence-electron chi connectivity index (χ1n) is 28.3. The Morgan fingerprint density at radius 1 is 0.400 bits per heavy atom. The molecule has 0 radical (unpaired) electrons. The number of unbranched alkanes of at least 4 members (excludes halogenated alkanes) is 42. The van der Waals surface area contributed by atoms with Crippen LogP contribution in [0, 0.1) is 0 Å². The third-order valence-corrected chi connectivity index (χ3v) is 13.5. The summed E-state index contributed by atoms with van der Waals surface area (Å²) in [5.41, 5.74) is 0.